The van der Waals surface area contributed by atoms with Gasteiger partial charge in [0.05, 0.1) is 0 Å². The maximum absolute atomic E-state index is 6.65. The topological polar surface area (TPSA) is 26.0 Å². The highest BCUT2D eigenvalue weighted by molar-refractivity contribution is 5.32. The van der Waals surface area contributed by atoms with Gasteiger partial charge >= 0.3 is 0 Å². The van der Waals surface area contributed by atoms with E-state index < -0.39 is 0 Å². The number of aryl methyl sites for hydroxylation is 1. The molecular formula is C15H23N. The van der Waals surface area contributed by atoms with Gasteiger partial charge in [0, 0.05) is 5.54 Å². The van der Waals surface area contributed by atoms with Gasteiger partial charge in [-0.15, -0.1) is 0 Å². The van der Waals surface area contributed by atoms with E-state index in [1.165, 1.54) is 30.4 Å². The third-order valence-corrected chi connectivity index (χ3v) is 4.15. The first-order valence-corrected chi connectivity index (χ1v) is 6.50. The van der Waals surface area contributed by atoms with Gasteiger partial charge < -0.3 is 5.73 Å². The molecule has 0 saturated heterocycles. The van der Waals surface area contributed by atoms with E-state index in [-0.39, 0.29) is 5.54 Å². The number of hydrogen-bond donors (Lipinski definition) is 1. The van der Waals surface area contributed by atoms with Crippen LogP contribution in [0, 0.1) is 12.8 Å². The molecule has 2 rings (SSSR count). The molecule has 1 aliphatic carbocycles. The summed E-state index contributed by atoms with van der Waals surface area (Å²) in [4.78, 5) is 0. The summed E-state index contributed by atoms with van der Waals surface area (Å²) in [7, 11) is 0. The Morgan fingerprint density at radius 1 is 1.38 bits per heavy atom. The summed E-state index contributed by atoms with van der Waals surface area (Å²) in [5.41, 5.74) is 9.30. The third kappa shape index (κ3) is 2.15. The minimum Gasteiger partial charge on any atom is -0.321 e. The molecule has 0 aromatic heterocycles. The fraction of sp³-hybridized carbons (Fsp3) is 0.600. The van der Waals surface area contributed by atoms with E-state index in [2.05, 4.69) is 38.1 Å². The molecule has 1 nitrogen and oxygen atoms in total. The quantitative estimate of drug-likeness (QED) is 0.802. The van der Waals surface area contributed by atoms with Crippen molar-refractivity contribution in [3.05, 3.63) is 35.4 Å². The predicted molar refractivity (Wildman–Crippen MR) is 69.3 cm³/mol. The average Bonchev–Trinajstić information content (AvgIpc) is 2.29. The van der Waals surface area contributed by atoms with Crippen molar-refractivity contribution < 1.29 is 0 Å². The molecule has 1 saturated carbocycles. The first kappa shape index (κ1) is 11.7. The van der Waals surface area contributed by atoms with Crippen LogP contribution in [0.5, 0.6) is 0 Å². The smallest absolute Gasteiger partial charge is 0.0414 e. The molecule has 1 aromatic rings. The van der Waals surface area contributed by atoms with Crippen LogP contribution >= 0.6 is 0 Å². The van der Waals surface area contributed by atoms with Crippen molar-refractivity contribution >= 4 is 0 Å². The Hall–Kier alpha value is -0.820. The lowest BCUT2D eigenvalue weighted by molar-refractivity contribution is 0.220. The molecule has 0 aliphatic heterocycles. The molecule has 0 radical (unpaired) electrons. The Kier molecular flexibility index (Phi) is 3.34. The van der Waals surface area contributed by atoms with Gasteiger partial charge in [-0.25, -0.2) is 0 Å². The molecule has 1 aromatic carbocycles. The predicted octanol–water partition coefficient (Wildman–Crippen LogP) is 3.75. The number of benzene rings is 1. The number of rotatable bonds is 2. The second-order valence-corrected chi connectivity index (χ2v) is 5.34. The molecule has 0 spiro atoms. The zero-order chi connectivity index (χ0) is 11.6. The van der Waals surface area contributed by atoms with Crippen LogP contribution in [0.4, 0.5) is 0 Å². The van der Waals surface area contributed by atoms with Crippen LogP contribution < -0.4 is 5.73 Å². The van der Waals surface area contributed by atoms with E-state index in [0.717, 1.165) is 18.8 Å². The summed E-state index contributed by atoms with van der Waals surface area (Å²) in [6.45, 7) is 4.47. The molecule has 1 heteroatoms. The van der Waals surface area contributed by atoms with E-state index in [1.54, 1.807) is 0 Å². The zero-order valence-electron chi connectivity index (χ0n) is 10.5. The largest absolute Gasteiger partial charge is 0.321 e. The maximum atomic E-state index is 6.65. The minimum atomic E-state index is -0.0652. The lowest BCUT2D eigenvalue weighted by Crippen LogP contribution is -2.41. The van der Waals surface area contributed by atoms with Gasteiger partial charge in [0.15, 0.2) is 0 Å². The first-order valence-electron chi connectivity index (χ1n) is 6.50. The van der Waals surface area contributed by atoms with Gasteiger partial charge in [-0.2, -0.15) is 0 Å². The summed E-state index contributed by atoms with van der Waals surface area (Å²) in [6, 6.07) is 8.61. The summed E-state index contributed by atoms with van der Waals surface area (Å²) < 4.78 is 0. The van der Waals surface area contributed by atoms with Gasteiger partial charge in [0.2, 0.25) is 0 Å². The van der Waals surface area contributed by atoms with Crippen molar-refractivity contribution in [3.63, 3.8) is 0 Å². The van der Waals surface area contributed by atoms with Crippen molar-refractivity contribution in [1.82, 2.24) is 0 Å². The van der Waals surface area contributed by atoms with Crippen LogP contribution in [0.2, 0.25) is 0 Å². The lowest BCUT2D eigenvalue weighted by Gasteiger charge is -2.39. The summed E-state index contributed by atoms with van der Waals surface area (Å²) >= 11 is 0. The fourth-order valence-corrected chi connectivity index (χ4v) is 3.15. The highest BCUT2D eigenvalue weighted by atomic mass is 14.8. The van der Waals surface area contributed by atoms with E-state index in [9.17, 15) is 0 Å². The second-order valence-electron chi connectivity index (χ2n) is 5.34. The van der Waals surface area contributed by atoms with E-state index in [1.807, 2.05) is 0 Å². The third-order valence-electron chi connectivity index (χ3n) is 4.15. The molecule has 0 bridgehead atoms. The van der Waals surface area contributed by atoms with Gasteiger partial charge in [0.25, 0.3) is 0 Å². The molecule has 1 fully saturated rings. The van der Waals surface area contributed by atoms with Crippen LogP contribution in [-0.2, 0) is 5.54 Å². The van der Waals surface area contributed by atoms with E-state index in [0.29, 0.717) is 0 Å². The Labute approximate surface area is 99.0 Å². The second kappa shape index (κ2) is 4.58. The highest BCUT2D eigenvalue weighted by Crippen LogP contribution is 2.40. The Balaban J connectivity index is 2.27. The zero-order valence-corrected chi connectivity index (χ0v) is 10.5. The summed E-state index contributed by atoms with van der Waals surface area (Å²) in [6.07, 6.45) is 6.22. The minimum absolute atomic E-state index is 0.0652. The van der Waals surface area contributed by atoms with Gasteiger partial charge in [-0.3, -0.25) is 0 Å². The SMILES string of the molecule is CCC1CCCC(N)(c2ccccc2C)C1. The standard InChI is InChI=1S/C15H23N/c1-3-13-8-6-10-15(16,11-13)14-9-5-4-7-12(14)2/h4-5,7,9,13H,3,6,8,10-11,16H2,1-2H3. The molecule has 0 amide bonds. The maximum Gasteiger partial charge on any atom is 0.0414 e. The van der Waals surface area contributed by atoms with Gasteiger partial charge in [-0.05, 0) is 36.8 Å². The van der Waals surface area contributed by atoms with Crippen LogP contribution in [-0.4, -0.2) is 0 Å². The van der Waals surface area contributed by atoms with Gasteiger partial charge in [-0.1, -0.05) is 50.5 Å². The molecule has 0 heterocycles. The molecule has 2 N–H and O–H groups in total. The van der Waals surface area contributed by atoms with Crippen LogP contribution in [0.3, 0.4) is 0 Å². The Morgan fingerprint density at radius 2 is 2.12 bits per heavy atom. The van der Waals surface area contributed by atoms with Crippen molar-refractivity contribution in [2.24, 2.45) is 11.7 Å². The highest BCUT2D eigenvalue weighted by Gasteiger charge is 2.34. The number of hydrogen-bond acceptors (Lipinski definition) is 1. The number of nitrogens with two attached hydrogens (primary N) is 1. The lowest BCUT2D eigenvalue weighted by atomic mass is 9.71. The Morgan fingerprint density at radius 3 is 2.81 bits per heavy atom. The molecule has 2 atom stereocenters. The van der Waals surface area contributed by atoms with Crippen molar-refractivity contribution in [2.75, 3.05) is 0 Å². The monoisotopic (exact) mass is 217 g/mol. The molecule has 1 aliphatic rings. The normalized spacial score (nSPS) is 30.3. The fourth-order valence-electron chi connectivity index (χ4n) is 3.15. The van der Waals surface area contributed by atoms with Gasteiger partial charge in [0.1, 0.15) is 0 Å². The van der Waals surface area contributed by atoms with Crippen LogP contribution in [0.1, 0.15) is 50.2 Å². The molecule has 16 heavy (non-hydrogen) atoms. The molecule has 2 unspecified atom stereocenters. The van der Waals surface area contributed by atoms with Crippen molar-refractivity contribution in [3.8, 4) is 0 Å². The van der Waals surface area contributed by atoms with Crippen LogP contribution in [0.25, 0.3) is 0 Å². The van der Waals surface area contributed by atoms with Crippen LogP contribution in [0.15, 0.2) is 24.3 Å². The van der Waals surface area contributed by atoms with Crippen molar-refractivity contribution in [1.29, 1.82) is 0 Å². The summed E-state index contributed by atoms with van der Waals surface area (Å²) in [5, 5.41) is 0. The average molecular weight is 217 g/mol. The Bertz CT molecular complexity index is 358. The molecule has 88 valence electrons. The first-order chi connectivity index (χ1) is 7.65. The van der Waals surface area contributed by atoms with E-state index in [4.69, 9.17) is 5.73 Å². The summed E-state index contributed by atoms with van der Waals surface area (Å²) in [5.74, 6) is 0.818. The van der Waals surface area contributed by atoms with Crippen molar-refractivity contribution in [2.45, 2.75) is 51.5 Å². The molecular weight excluding hydrogens is 194 g/mol. The van der Waals surface area contributed by atoms with E-state index >= 15 is 0 Å².